The molecular formula is C5H6N2O4. The number of hydrogen-bond acceptors (Lipinski definition) is 4. The largest absolute Gasteiger partial charge is 0.494 e. The van der Waals surface area contributed by atoms with Crippen LogP contribution in [0.1, 0.15) is 0 Å². The van der Waals surface area contributed by atoms with E-state index in [4.69, 9.17) is 15.4 Å². The predicted molar refractivity (Wildman–Crippen MR) is 33.5 cm³/mol. The van der Waals surface area contributed by atoms with Crippen molar-refractivity contribution in [3.63, 3.8) is 0 Å². The lowest BCUT2D eigenvalue weighted by Gasteiger charge is -2.01. The zero-order valence-corrected chi connectivity index (χ0v) is 5.35. The Morgan fingerprint density at radius 2 is 1.82 bits per heavy atom. The van der Waals surface area contributed by atoms with E-state index in [1.807, 2.05) is 0 Å². The summed E-state index contributed by atoms with van der Waals surface area (Å²) in [7, 11) is 0. The minimum atomic E-state index is -1.02. The summed E-state index contributed by atoms with van der Waals surface area (Å²) in [5.41, 5.74) is 1.25. The zero-order chi connectivity index (χ0) is 8.43. The van der Waals surface area contributed by atoms with Crippen molar-refractivity contribution in [1.29, 1.82) is 0 Å². The lowest BCUT2D eigenvalue weighted by Crippen LogP contribution is -2.24. The smallest absolute Gasteiger partial charge is 0.354 e. The molecular weight excluding hydrogens is 152 g/mol. The fourth-order valence-corrected chi connectivity index (χ4v) is 0.674. The van der Waals surface area contributed by atoms with Gasteiger partial charge in [0.25, 0.3) is 0 Å². The molecule has 6 nitrogen and oxygen atoms in total. The van der Waals surface area contributed by atoms with E-state index in [9.17, 15) is 4.79 Å². The van der Waals surface area contributed by atoms with E-state index in [0.717, 1.165) is 12.1 Å². The molecule has 0 unspecified atom stereocenters. The van der Waals surface area contributed by atoms with Crippen LogP contribution >= 0.6 is 0 Å². The highest BCUT2D eigenvalue weighted by Crippen LogP contribution is 2.19. The number of amides is 1. The molecule has 0 radical (unpaired) electrons. The molecule has 0 spiro atoms. The molecule has 0 aliphatic rings. The van der Waals surface area contributed by atoms with Gasteiger partial charge in [-0.05, 0) is 0 Å². The third kappa shape index (κ3) is 1.10. The summed E-state index contributed by atoms with van der Waals surface area (Å²) in [6, 6.07) is 1.21. The predicted octanol–water partition coefficient (Wildman–Crippen LogP) is -0.154. The number of hydrogen-bond donors (Lipinski definition) is 4. The van der Waals surface area contributed by atoms with Gasteiger partial charge in [-0.2, -0.15) is 4.57 Å². The minimum absolute atomic E-state index is 0.450. The van der Waals surface area contributed by atoms with Crippen LogP contribution in [0.15, 0.2) is 12.1 Å². The summed E-state index contributed by atoms with van der Waals surface area (Å²) in [5, 5.41) is 25.8. The van der Waals surface area contributed by atoms with E-state index in [1.54, 1.807) is 0 Å². The molecule has 0 aromatic carbocycles. The van der Waals surface area contributed by atoms with E-state index >= 15 is 0 Å². The van der Waals surface area contributed by atoms with Gasteiger partial charge in [0.1, 0.15) is 0 Å². The Hall–Kier alpha value is -1.69. The van der Waals surface area contributed by atoms with Gasteiger partial charge in [0.05, 0.1) is 0 Å². The standard InChI is InChI=1S/C5H6N2O4/c8-3-1-2-4(9)7(3)5(10)6-11/h1-2,8-9,11H,(H,6,10). The number of carbonyl (C=O) groups is 1. The van der Waals surface area contributed by atoms with E-state index in [1.165, 1.54) is 5.48 Å². The average Bonchev–Trinajstić information content (AvgIpc) is 2.30. The van der Waals surface area contributed by atoms with Crippen molar-refractivity contribution < 1.29 is 20.2 Å². The number of rotatable bonds is 0. The summed E-state index contributed by atoms with van der Waals surface area (Å²) in [5.74, 6) is -0.900. The van der Waals surface area contributed by atoms with Crippen molar-refractivity contribution in [2.24, 2.45) is 0 Å². The van der Waals surface area contributed by atoms with Crippen molar-refractivity contribution in [3.05, 3.63) is 12.1 Å². The van der Waals surface area contributed by atoms with Gasteiger partial charge in [0, 0.05) is 12.1 Å². The van der Waals surface area contributed by atoms with Crippen LogP contribution in [-0.4, -0.2) is 26.0 Å². The monoisotopic (exact) mass is 158 g/mol. The normalized spacial score (nSPS) is 9.55. The summed E-state index contributed by atoms with van der Waals surface area (Å²) >= 11 is 0. The number of hydroxylamine groups is 1. The van der Waals surface area contributed by atoms with Gasteiger partial charge in [-0.1, -0.05) is 0 Å². The Morgan fingerprint density at radius 3 is 2.18 bits per heavy atom. The molecule has 0 aliphatic carbocycles. The van der Waals surface area contributed by atoms with Crippen LogP contribution in [0.4, 0.5) is 4.79 Å². The van der Waals surface area contributed by atoms with E-state index in [0.29, 0.717) is 4.57 Å². The van der Waals surface area contributed by atoms with E-state index in [2.05, 4.69) is 0 Å². The molecule has 60 valence electrons. The fourth-order valence-electron chi connectivity index (χ4n) is 0.674. The van der Waals surface area contributed by atoms with Crippen molar-refractivity contribution in [2.45, 2.75) is 0 Å². The highest BCUT2D eigenvalue weighted by molar-refractivity contribution is 5.79. The van der Waals surface area contributed by atoms with Crippen LogP contribution in [0, 0.1) is 0 Å². The van der Waals surface area contributed by atoms with Crippen molar-refractivity contribution in [2.75, 3.05) is 0 Å². The Kier molecular flexibility index (Phi) is 1.69. The molecule has 0 atom stereocenters. The first-order valence-corrected chi connectivity index (χ1v) is 2.71. The van der Waals surface area contributed by atoms with E-state index < -0.39 is 17.8 Å². The third-order valence-corrected chi connectivity index (χ3v) is 1.14. The van der Waals surface area contributed by atoms with Gasteiger partial charge in [-0.15, -0.1) is 0 Å². The van der Waals surface area contributed by atoms with Crippen LogP contribution in [0.2, 0.25) is 0 Å². The molecule has 0 saturated heterocycles. The molecule has 4 N–H and O–H groups in total. The van der Waals surface area contributed by atoms with Gasteiger partial charge in [-0.3, -0.25) is 5.21 Å². The molecule has 0 aliphatic heterocycles. The average molecular weight is 158 g/mol. The number of nitrogens with one attached hydrogen (secondary N) is 1. The molecule has 6 heteroatoms. The molecule has 1 amide bonds. The maximum Gasteiger partial charge on any atom is 0.354 e. The van der Waals surface area contributed by atoms with Crippen LogP contribution in [0.3, 0.4) is 0 Å². The molecule has 11 heavy (non-hydrogen) atoms. The topological polar surface area (TPSA) is 94.7 Å². The summed E-state index contributed by atoms with van der Waals surface area (Å²) < 4.78 is 0.500. The molecule has 0 fully saturated rings. The fraction of sp³-hybridized carbons (Fsp3) is 0. The number of nitrogens with zero attached hydrogens (tertiary/aromatic N) is 1. The van der Waals surface area contributed by atoms with Gasteiger partial charge >= 0.3 is 6.03 Å². The second-order valence-corrected chi connectivity index (χ2v) is 1.80. The van der Waals surface area contributed by atoms with Crippen molar-refractivity contribution >= 4 is 6.03 Å². The molecule has 1 rings (SSSR count). The van der Waals surface area contributed by atoms with Crippen LogP contribution in [-0.2, 0) is 0 Å². The highest BCUT2D eigenvalue weighted by atomic mass is 16.5. The SMILES string of the molecule is O=C(NO)n1c(O)ccc1O. The first-order valence-electron chi connectivity index (χ1n) is 2.71. The van der Waals surface area contributed by atoms with Gasteiger partial charge in [0.2, 0.25) is 11.8 Å². The van der Waals surface area contributed by atoms with Crippen molar-refractivity contribution in [3.8, 4) is 11.8 Å². The Labute approximate surface area is 61.3 Å². The molecule has 1 aromatic heterocycles. The maximum absolute atomic E-state index is 10.6. The number of aromatic hydroxyl groups is 2. The van der Waals surface area contributed by atoms with E-state index in [-0.39, 0.29) is 0 Å². The highest BCUT2D eigenvalue weighted by Gasteiger charge is 2.11. The van der Waals surface area contributed by atoms with Crippen LogP contribution in [0.5, 0.6) is 11.8 Å². The first-order chi connectivity index (χ1) is 5.16. The summed E-state index contributed by atoms with van der Waals surface area (Å²) in [4.78, 5) is 10.6. The first kappa shape index (κ1) is 7.42. The molecule has 1 heterocycles. The second kappa shape index (κ2) is 2.51. The Bertz CT molecular complexity index is 261. The second-order valence-electron chi connectivity index (χ2n) is 1.80. The van der Waals surface area contributed by atoms with Gasteiger partial charge in [-0.25, -0.2) is 10.3 Å². The minimum Gasteiger partial charge on any atom is -0.494 e. The summed E-state index contributed by atoms with van der Waals surface area (Å²) in [6.45, 7) is 0. The number of carbonyl (C=O) groups excluding carboxylic acids is 1. The lowest BCUT2D eigenvalue weighted by atomic mass is 10.6. The Morgan fingerprint density at radius 1 is 1.36 bits per heavy atom. The number of aromatic nitrogens is 1. The zero-order valence-electron chi connectivity index (χ0n) is 5.35. The van der Waals surface area contributed by atoms with Crippen molar-refractivity contribution in [1.82, 2.24) is 10.0 Å². The molecule has 0 saturated carbocycles. The lowest BCUT2D eigenvalue weighted by molar-refractivity contribution is 0.159. The quantitative estimate of drug-likeness (QED) is 0.312. The molecule has 1 aromatic rings. The van der Waals surface area contributed by atoms with Crippen LogP contribution < -0.4 is 5.48 Å². The third-order valence-electron chi connectivity index (χ3n) is 1.14. The van der Waals surface area contributed by atoms with Gasteiger partial charge < -0.3 is 10.2 Å². The van der Waals surface area contributed by atoms with Crippen LogP contribution in [0.25, 0.3) is 0 Å². The maximum atomic E-state index is 10.6. The van der Waals surface area contributed by atoms with Gasteiger partial charge in [0.15, 0.2) is 0 Å². The molecule has 0 bridgehead atoms. The summed E-state index contributed by atoms with van der Waals surface area (Å²) in [6.07, 6.45) is 0. The Balaban J connectivity index is 3.10.